The van der Waals surface area contributed by atoms with E-state index in [9.17, 15) is 9.18 Å². The number of carbonyl (C=O) groups excluding carboxylic acids is 1. The quantitative estimate of drug-likeness (QED) is 0.868. The molecule has 3 rings (SSSR count). The Labute approximate surface area is 159 Å². The highest BCUT2D eigenvalue weighted by molar-refractivity contribution is 5.67. The maximum Gasteiger partial charge on any atom is 0.407 e. The zero-order chi connectivity index (χ0) is 19.5. The molecule has 1 spiro atoms. The Bertz CT molecular complexity index is 653. The number of hydrogen-bond acceptors (Lipinski definition) is 5. The lowest BCUT2D eigenvalue weighted by Gasteiger charge is -2.45. The minimum absolute atomic E-state index is 0.297. The molecule has 27 heavy (non-hydrogen) atoms. The van der Waals surface area contributed by atoms with E-state index in [4.69, 9.17) is 14.2 Å². The number of aromatic nitrogens is 1. The zero-order valence-electron chi connectivity index (χ0n) is 16.3. The van der Waals surface area contributed by atoms with Gasteiger partial charge in [0.05, 0.1) is 18.4 Å². The van der Waals surface area contributed by atoms with Gasteiger partial charge in [0.15, 0.2) is 0 Å². The average Bonchev–Trinajstić information content (AvgIpc) is 3.01. The van der Waals surface area contributed by atoms with Crippen molar-refractivity contribution in [2.24, 2.45) is 0 Å². The van der Waals surface area contributed by atoms with Gasteiger partial charge in [0.1, 0.15) is 11.4 Å². The zero-order valence-corrected chi connectivity index (χ0v) is 16.3. The fraction of sp³-hybridized carbons (Fsp3) is 0.700. The minimum atomic E-state index is -0.537. The van der Waals surface area contributed by atoms with Gasteiger partial charge in [-0.3, -0.25) is 4.98 Å². The number of nitrogens with one attached hydrogen (secondary N) is 1. The topological polar surface area (TPSA) is 69.7 Å². The van der Waals surface area contributed by atoms with Crippen LogP contribution in [0.2, 0.25) is 0 Å². The van der Waals surface area contributed by atoms with Crippen LogP contribution in [0, 0.1) is 5.82 Å². The lowest BCUT2D eigenvalue weighted by atomic mass is 9.68. The first-order chi connectivity index (χ1) is 12.7. The monoisotopic (exact) mass is 380 g/mol. The molecule has 1 aromatic rings. The van der Waals surface area contributed by atoms with E-state index in [1.807, 2.05) is 20.8 Å². The first-order valence-corrected chi connectivity index (χ1v) is 9.53. The van der Waals surface area contributed by atoms with Crippen LogP contribution in [-0.2, 0) is 19.6 Å². The molecule has 1 amide bonds. The molecule has 1 aromatic heterocycles. The summed E-state index contributed by atoms with van der Waals surface area (Å²) in [5, 5.41) is 2.84. The fourth-order valence-corrected chi connectivity index (χ4v) is 4.03. The third kappa shape index (κ3) is 4.96. The normalized spacial score (nSPS) is 28.3. The van der Waals surface area contributed by atoms with Crippen molar-refractivity contribution in [2.75, 3.05) is 26.4 Å². The Hall–Kier alpha value is -1.73. The molecule has 150 valence electrons. The van der Waals surface area contributed by atoms with E-state index in [0.29, 0.717) is 32.8 Å². The van der Waals surface area contributed by atoms with E-state index < -0.39 is 11.7 Å². The summed E-state index contributed by atoms with van der Waals surface area (Å²) in [6, 6.07) is 3.19. The second-order valence-electron chi connectivity index (χ2n) is 8.58. The predicted octanol–water partition coefficient (Wildman–Crippen LogP) is 3.34. The average molecular weight is 380 g/mol. The molecule has 0 radical (unpaired) electrons. The van der Waals surface area contributed by atoms with Crippen LogP contribution in [0.1, 0.15) is 52.1 Å². The number of hydrogen-bond donors (Lipinski definition) is 1. The Morgan fingerprint density at radius 2 is 2.15 bits per heavy atom. The highest BCUT2D eigenvalue weighted by Gasteiger charge is 2.49. The van der Waals surface area contributed by atoms with Crippen LogP contribution in [0.3, 0.4) is 0 Å². The van der Waals surface area contributed by atoms with E-state index in [1.54, 1.807) is 6.07 Å². The van der Waals surface area contributed by atoms with Gasteiger partial charge in [-0.25, -0.2) is 9.18 Å². The van der Waals surface area contributed by atoms with Crippen LogP contribution in [0.15, 0.2) is 18.3 Å². The van der Waals surface area contributed by atoms with Crippen LogP contribution >= 0.6 is 0 Å². The van der Waals surface area contributed by atoms with Gasteiger partial charge in [-0.1, -0.05) is 0 Å². The smallest absolute Gasteiger partial charge is 0.407 e. The fourth-order valence-electron chi connectivity index (χ4n) is 4.03. The molecule has 0 bridgehead atoms. The van der Waals surface area contributed by atoms with Crippen LogP contribution in [0.25, 0.3) is 0 Å². The summed E-state index contributed by atoms with van der Waals surface area (Å²) in [5.41, 5.74) is -0.316. The van der Waals surface area contributed by atoms with Crippen LogP contribution in [0.4, 0.5) is 9.18 Å². The lowest BCUT2D eigenvalue weighted by molar-refractivity contribution is -0.109. The van der Waals surface area contributed by atoms with Crippen LogP contribution in [-0.4, -0.2) is 48.6 Å². The van der Waals surface area contributed by atoms with E-state index in [2.05, 4.69) is 10.3 Å². The molecular weight excluding hydrogens is 351 g/mol. The molecule has 0 aromatic carbocycles. The maximum absolute atomic E-state index is 13.4. The molecule has 0 aliphatic carbocycles. The van der Waals surface area contributed by atoms with E-state index in [-0.39, 0.29) is 16.8 Å². The van der Waals surface area contributed by atoms with Gasteiger partial charge in [0.25, 0.3) is 0 Å². The van der Waals surface area contributed by atoms with Gasteiger partial charge < -0.3 is 19.5 Å². The number of carbonyl (C=O) groups is 1. The number of pyridine rings is 1. The highest BCUT2D eigenvalue weighted by Crippen LogP contribution is 2.46. The Kier molecular flexibility index (Phi) is 5.72. The van der Waals surface area contributed by atoms with Gasteiger partial charge >= 0.3 is 6.09 Å². The first-order valence-electron chi connectivity index (χ1n) is 9.53. The second kappa shape index (κ2) is 7.72. The number of halogens is 1. The Morgan fingerprint density at radius 1 is 1.33 bits per heavy atom. The summed E-state index contributed by atoms with van der Waals surface area (Å²) in [4.78, 5) is 16.4. The second-order valence-corrected chi connectivity index (χ2v) is 8.58. The number of alkyl carbamates (subject to hydrolysis) is 1. The molecule has 7 heteroatoms. The van der Waals surface area contributed by atoms with Crippen molar-refractivity contribution in [1.29, 1.82) is 0 Å². The van der Waals surface area contributed by atoms with Crippen molar-refractivity contribution < 1.29 is 23.4 Å². The largest absolute Gasteiger partial charge is 0.444 e. The molecule has 0 unspecified atom stereocenters. The molecule has 0 saturated carbocycles. The number of amides is 1. The molecular formula is C20H29FN2O4. The van der Waals surface area contributed by atoms with Crippen molar-refractivity contribution in [3.8, 4) is 0 Å². The summed E-state index contributed by atoms with van der Waals surface area (Å²) in [6.45, 7) is 7.79. The maximum atomic E-state index is 13.4. The van der Waals surface area contributed by atoms with Gasteiger partial charge in [0, 0.05) is 37.3 Å². The van der Waals surface area contributed by atoms with Crippen LogP contribution < -0.4 is 5.32 Å². The van der Waals surface area contributed by atoms with Gasteiger partial charge in [-0.2, -0.15) is 0 Å². The standard InChI is InChI=1S/C20H29FN2O4/c1-18(2,3)27-17(24)22-9-6-19(16-5-4-15(21)12-23-16)7-11-26-20(13-19)8-10-25-14-20/h4-5,12H,6-11,13-14H2,1-3H3,(H,22,24)/t19-,20-/m0/s1. The van der Waals surface area contributed by atoms with Gasteiger partial charge in [-0.05, 0) is 52.2 Å². The molecule has 2 fully saturated rings. The summed E-state index contributed by atoms with van der Waals surface area (Å²) in [6.07, 6.45) is 3.85. The van der Waals surface area contributed by atoms with Crippen LogP contribution in [0.5, 0.6) is 0 Å². The molecule has 3 heterocycles. The molecule has 2 atom stereocenters. The molecule has 2 saturated heterocycles. The molecule has 6 nitrogen and oxygen atoms in total. The Balaban J connectivity index is 1.74. The van der Waals surface area contributed by atoms with Crippen molar-refractivity contribution in [3.05, 3.63) is 29.8 Å². The molecule has 2 aliphatic heterocycles. The van der Waals surface area contributed by atoms with E-state index in [1.165, 1.54) is 12.3 Å². The SMILES string of the molecule is CC(C)(C)OC(=O)NCC[C@]1(c2ccc(F)cn2)CCO[C@@]2(CCOC2)C1. The van der Waals surface area contributed by atoms with E-state index in [0.717, 1.165) is 25.0 Å². The van der Waals surface area contributed by atoms with Crippen molar-refractivity contribution >= 4 is 6.09 Å². The van der Waals surface area contributed by atoms with Gasteiger partial charge in [-0.15, -0.1) is 0 Å². The minimum Gasteiger partial charge on any atom is -0.444 e. The van der Waals surface area contributed by atoms with Crippen molar-refractivity contribution in [3.63, 3.8) is 0 Å². The summed E-state index contributed by atoms with van der Waals surface area (Å²) in [7, 11) is 0. The number of ether oxygens (including phenoxy) is 3. The number of rotatable bonds is 4. The molecule has 1 N–H and O–H groups in total. The third-order valence-electron chi connectivity index (χ3n) is 5.26. The lowest BCUT2D eigenvalue weighted by Crippen LogP contribution is -2.49. The summed E-state index contributed by atoms with van der Waals surface area (Å²) >= 11 is 0. The third-order valence-corrected chi connectivity index (χ3v) is 5.26. The summed E-state index contributed by atoms with van der Waals surface area (Å²) in [5.74, 6) is -0.355. The van der Waals surface area contributed by atoms with Gasteiger partial charge in [0.2, 0.25) is 0 Å². The predicted molar refractivity (Wildman–Crippen MR) is 98.1 cm³/mol. The van der Waals surface area contributed by atoms with Crippen molar-refractivity contribution in [1.82, 2.24) is 10.3 Å². The van der Waals surface area contributed by atoms with Crippen molar-refractivity contribution in [2.45, 2.75) is 63.1 Å². The summed E-state index contributed by atoms with van der Waals surface area (Å²) < 4.78 is 30.4. The highest BCUT2D eigenvalue weighted by atomic mass is 19.1. The Morgan fingerprint density at radius 3 is 2.78 bits per heavy atom. The van der Waals surface area contributed by atoms with E-state index >= 15 is 0 Å². The molecule has 2 aliphatic rings. The number of nitrogens with zero attached hydrogens (tertiary/aromatic N) is 1. The first kappa shape index (κ1) is 20.0.